The zero-order chi connectivity index (χ0) is 35.0. The van der Waals surface area contributed by atoms with Gasteiger partial charge in [0.2, 0.25) is 5.91 Å². The summed E-state index contributed by atoms with van der Waals surface area (Å²) in [6.07, 6.45) is 11.1. The topological polar surface area (TPSA) is 95.9 Å². The molecule has 0 aromatic heterocycles. The fraction of sp³-hybridized carbons (Fsp3) is 0.875. The lowest BCUT2D eigenvalue weighted by Crippen LogP contribution is -2.67. The number of hydroxylamine groups is 2. The van der Waals surface area contributed by atoms with E-state index < -0.39 is 16.5 Å². The summed E-state index contributed by atoms with van der Waals surface area (Å²) in [5.41, 5.74) is -0.813. The number of fused-ring (bicyclic) bond motifs is 7. The van der Waals surface area contributed by atoms with E-state index in [1.807, 2.05) is 27.7 Å². The second-order valence-electron chi connectivity index (χ2n) is 20.2. The number of hydrogen-bond donors (Lipinski definition) is 2. The van der Waals surface area contributed by atoms with E-state index in [0.29, 0.717) is 12.3 Å². The van der Waals surface area contributed by atoms with Crippen molar-refractivity contribution in [1.82, 2.24) is 10.4 Å². The van der Waals surface area contributed by atoms with Crippen LogP contribution in [0.15, 0.2) is 11.6 Å². The van der Waals surface area contributed by atoms with Crippen molar-refractivity contribution >= 4 is 17.7 Å². The van der Waals surface area contributed by atoms with Crippen molar-refractivity contribution in [3.63, 3.8) is 0 Å². The number of carbonyl (C=O) groups excluding carboxylic acids is 3. The van der Waals surface area contributed by atoms with Gasteiger partial charge >= 0.3 is 5.97 Å². The van der Waals surface area contributed by atoms with E-state index in [1.54, 1.807) is 0 Å². The van der Waals surface area contributed by atoms with E-state index in [0.717, 1.165) is 57.8 Å². The molecule has 6 aliphatic rings. The minimum atomic E-state index is -0.565. The molecule has 7 nitrogen and oxygen atoms in total. The SMILES string of the molecule is CC(=O)O[C@H]1CC[C@]2(C)[C@H]3C(=O)C=C4[C@@H]5C[C@@](C)(C(=O)NC6CC(C)(C)N(O)C6(C)C)CC[C@]5(C)CC[C@@]4(C)[C@]3(C)CC[C@H]2C1(C)C. The minimum Gasteiger partial charge on any atom is -0.462 e. The summed E-state index contributed by atoms with van der Waals surface area (Å²) in [5, 5.41) is 15.8. The molecule has 1 amide bonds. The van der Waals surface area contributed by atoms with Crippen LogP contribution in [0.5, 0.6) is 0 Å². The molecular formula is C40H64N2O5. The molecule has 1 unspecified atom stereocenters. The first-order valence-corrected chi connectivity index (χ1v) is 18.6. The summed E-state index contributed by atoms with van der Waals surface area (Å²) in [5.74, 6) is 0.554. The highest BCUT2D eigenvalue weighted by molar-refractivity contribution is 5.96. The summed E-state index contributed by atoms with van der Waals surface area (Å²) in [6.45, 7) is 25.9. The summed E-state index contributed by atoms with van der Waals surface area (Å²) in [7, 11) is 0. The van der Waals surface area contributed by atoms with E-state index in [-0.39, 0.29) is 68.7 Å². The van der Waals surface area contributed by atoms with E-state index >= 15 is 0 Å². The highest BCUT2D eigenvalue weighted by Gasteiger charge is 2.70. The van der Waals surface area contributed by atoms with E-state index in [4.69, 9.17) is 4.74 Å². The van der Waals surface area contributed by atoms with Crippen molar-refractivity contribution in [1.29, 1.82) is 0 Å². The Morgan fingerprint density at radius 3 is 2.11 bits per heavy atom. The molecule has 0 spiro atoms. The van der Waals surface area contributed by atoms with Crippen LogP contribution in [0.2, 0.25) is 0 Å². The zero-order valence-corrected chi connectivity index (χ0v) is 31.6. The first kappa shape index (κ1) is 35.1. The van der Waals surface area contributed by atoms with Gasteiger partial charge in [0.1, 0.15) is 6.10 Å². The number of nitrogens with zero attached hydrogens (tertiary/aromatic N) is 1. The first-order chi connectivity index (χ1) is 21.4. The van der Waals surface area contributed by atoms with Gasteiger partial charge in [0.05, 0.1) is 11.6 Å². The summed E-state index contributed by atoms with van der Waals surface area (Å²) in [6, 6.07) is -0.150. The van der Waals surface area contributed by atoms with Gasteiger partial charge in [-0.2, -0.15) is 5.06 Å². The van der Waals surface area contributed by atoms with Gasteiger partial charge in [-0.25, -0.2) is 0 Å². The lowest BCUT2D eigenvalue weighted by atomic mass is 9.33. The van der Waals surface area contributed by atoms with E-state index in [2.05, 4.69) is 59.9 Å². The Labute approximate surface area is 284 Å². The minimum absolute atomic E-state index is 0.0658. The van der Waals surface area contributed by atoms with Crippen LogP contribution in [0.25, 0.3) is 0 Å². The lowest BCUT2D eigenvalue weighted by Gasteiger charge is -2.70. The number of allylic oxidation sites excluding steroid dienone is 2. The molecule has 1 aliphatic heterocycles. The van der Waals surface area contributed by atoms with Gasteiger partial charge < -0.3 is 15.3 Å². The second-order valence-corrected chi connectivity index (χ2v) is 20.2. The number of ketones is 1. The summed E-state index contributed by atoms with van der Waals surface area (Å²) < 4.78 is 5.89. The fourth-order valence-corrected chi connectivity index (χ4v) is 13.1. The van der Waals surface area contributed by atoms with Crippen LogP contribution >= 0.6 is 0 Å². The number of amides is 1. The highest BCUT2D eigenvalue weighted by atomic mass is 16.5. The van der Waals surface area contributed by atoms with E-state index in [1.165, 1.54) is 17.6 Å². The first-order valence-electron chi connectivity index (χ1n) is 18.6. The molecule has 47 heavy (non-hydrogen) atoms. The maximum absolute atomic E-state index is 14.8. The molecule has 5 aliphatic carbocycles. The van der Waals surface area contributed by atoms with Crippen LogP contribution in [0, 0.1) is 50.2 Å². The predicted molar refractivity (Wildman–Crippen MR) is 183 cm³/mol. The smallest absolute Gasteiger partial charge is 0.302 e. The number of ether oxygens (including phenoxy) is 1. The van der Waals surface area contributed by atoms with Crippen LogP contribution in [0.3, 0.4) is 0 Å². The number of carbonyl (C=O) groups is 3. The van der Waals surface area contributed by atoms with Gasteiger partial charge in [-0.15, -0.1) is 0 Å². The third-order valence-corrected chi connectivity index (χ3v) is 16.4. The van der Waals surface area contributed by atoms with Crippen molar-refractivity contribution < 1.29 is 24.3 Å². The summed E-state index contributed by atoms with van der Waals surface area (Å²) in [4.78, 5) is 41.1. The third-order valence-electron chi connectivity index (χ3n) is 16.4. The van der Waals surface area contributed by atoms with Crippen molar-refractivity contribution in [2.75, 3.05) is 0 Å². The maximum atomic E-state index is 14.8. The normalized spacial score (nSPS) is 48.2. The largest absolute Gasteiger partial charge is 0.462 e. The molecule has 0 aromatic rings. The molecule has 5 fully saturated rings. The Morgan fingerprint density at radius 1 is 0.872 bits per heavy atom. The molecule has 4 saturated carbocycles. The standard InChI is InChI=1S/C40H64N2O5/c1-24(43)47-30-14-15-38(10)28(34(30,4)5)13-16-40(12)31(38)27(44)21-25-26-22-37(9,18-17-36(26,8)19-20-39(25,40)11)32(45)41-29-23-33(2,3)42(46)35(29,6)7/h21,26,28-31,46H,13-20,22-23H2,1-12H3,(H,41,45)/t26-,28-,29?,30-,31+,36+,37-,38-,39+,40+/m0/s1. The second kappa shape index (κ2) is 10.4. The molecule has 0 aromatic carbocycles. The third kappa shape index (κ3) is 4.73. The zero-order valence-electron chi connectivity index (χ0n) is 31.6. The van der Waals surface area contributed by atoms with Crippen molar-refractivity contribution in [2.24, 2.45) is 50.2 Å². The van der Waals surface area contributed by atoms with Gasteiger partial charge in [0.15, 0.2) is 5.78 Å². The number of hydrogen-bond acceptors (Lipinski definition) is 6. The molecule has 1 heterocycles. The Balaban J connectivity index is 1.32. The van der Waals surface area contributed by atoms with Crippen molar-refractivity contribution in [3.8, 4) is 0 Å². The quantitative estimate of drug-likeness (QED) is 0.300. The molecular weight excluding hydrogens is 588 g/mol. The van der Waals surface area contributed by atoms with Gasteiger partial charge in [-0.05, 0) is 131 Å². The van der Waals surface area contributed by atoms with Crippen LogP contribution in [-0.4, -0.2) is 51.2 Å². The van der Waals surface area contributed by atoms with Gasteiger partial charge in [-0.3, -0.25) is 14.4 Å². The Kier molecular flexibility index (Phi) is 7.77. The van der Waals surface area contributed by atoms with Crippen molar-refractivity contribution in [2.45, 2.75) is 171 Å². The molecule has 264 valence electrons. The Hall–Kier alpha value is -1.73. The molecule has 0 bridgehead atoms. The average molecular weight is 653 g/mol. The molecule has 1 saturated heterocycles. The van der Waals surface area contributed by atoms with Gasteiger partial charge in [0.25, 0.3) is 0 Å². The number of esters is 1. The van der Waals surface area contributed by atoms with E-state index in [9.17, 15) is 19.6 Å². The lowest BCUT2D eigenvalue weighted by molar-refractivity contribution is -0.210. The highest BCUT2D eigenvalue weighted by Crippen LogP contribution is 2.75. The number of nitrogens with one attached hydrogen (secondary N) is 1. The molecule has 10 atom stereocenters. The Morgan fingerprint density at radius 2 is 1.51 bits per heavy atom. The predicted octanol–water partition coefficient (Wildman–Crippen LogP) is 8.04. The van der Waals surface area contributed by atoms with Gasteiger partial charge in [-0.1, -0.05) is 54.0 Å². The molecule has 0 radical (unpaired) electrons. The van der Waals surface area contributed by atoms with Gasteiger partial charge in [0, 0.05) is 29.2 Å². The maximum Gasteiger partial charge on any atom is 0.302 e. The average Bonchev–Trinajstić information content (AvgIpc) is 3.10. The number of rotatable bonds is 3. The van der Waals surface area contributed by atoms with Crippen LogP contribution in [0.4, 0.5) is 0 Å². The van der Waals surface area contributed by atoms with Crippen LogP contribution in [-0.2, 0) is 19.1 Å². The Bertz CT molecular complexity index is 1400. The molecule has 6 rings (SSSR count). The van der Waals surface area contributed by atoms with Crippen LogP contribution in [0.1, 0.15) is 147 Å². The molecule has 2 N–H and O–H groups in total. The van der Waals surface area contributed by atoms with Crippen molar-refractivity contribution in [3.05, 3.63) is 11.6 Å². The summed E-state index contributed by atoms with van der Waals surface area (Å²) >= 11 is 0. The molecule has 7 heteroatoms. The fourth-order valence-electron chi connectivity index (χ4n) is 13.1. The monoisotopic (exact) mass is 652 g/mol. The van der Waals surface area contributed by atoms with Crippen LogP contribution < -0.4 is 5.32 Å².